The van der Waals surface area contributed by atoms with Gasteiger partial charge in [0, 0.05) is 11.6 Å². The lowest BCUT2D eigenvalue weighted by molar-refractivity contribution is 0.465. The minimum atomic E-state index is -0.470. The molecule has 0 aliphatic rings. The number of nitrogens with one attached hydrogen (secondary N) is 1. The minimum absolute atomic E-state index is 0.0182. The van der Waals surface area contributed by atoms with Crippen LogP contribution in [0.25, 0.3) is 10.9 Å². The summed E-state index contributed by atoms with van der Waals surface area (Å²) in [5, 5.41) is 1.18. The number of nitrogens with zero attached hydrogens (tertiary/aromatic N) is 2. The van der Waals surface area contributed by atoms with Crippen molar-refractivity contribution in [1.82, 2.24) is 15.0 Å². The van der Waals surface area contributed by atoms with E-state index in [9.17, 15) is 4.79 Å². The Balaban J connectivity index is 2.14. The molecule has 0 spiro atoms. The third-order valence-electron chi connectivity index (χ3n) is 2.65. The van der Waals surface area contributed by atoms with E-state index >= 15 is 0 Å². The van der Waals surface area contributed by atoms with Gasteiger partial charge in [-0.3, -0.25) is 9.78 Å². The number of benzene rings is 1. The molecule has 0 unspecified atom stereocenters. The second-order valence-electron chi connectivity index (χ2n) is 3.90. The van der Waals surface area contributed by atoms with E-state index in [2.05, 4.69) is 15.0 Å². The third kappa shape index (κ3) is 2.21. The van der Waals surface area contributed by atoms with Crippen molar-refractivity contribution in [3.8, 4) is 11.6 Å². The number of hydrogen-bond donors (Lipinski definition) is 1. The number of aromatic amines is 1. The fourth-order valence-electron chi connectivity index (χ4n) is 1.74. The van der Waals surface area contributed by atoms with Crippen molar-refractivity contribution in [3.05, 3.63) is 57.2 Å². The number of halogens is 2. The molecule has 0 atom stereocenters. The quantitative estimate of drug-likeness (QED) is 0.787. The topological polar surface area (TPSA) is 67.9 Å². The summed E-state index contributed by atoms with van der Waals surface area (Å²) in [6.45, 7) is 0. The number of pyridine rings is 1. The van der Waals surface area contributed by atoms with Crippen molar-refractivity contribution < 1.29 is 4.74 Å². The van der Waals surface area contributed by atoms with Gasteiger partial charge in [-0.2, -0.15) is 0 Å². The van der Waals surface area contributed by atoms with Crippen molar-refractivity contribution in [3.63, 3.8) is 0 Å². The van der Waals surface area contributed by atoms with Crippen LogP contribution in [-0.4, -0.2) is 15.0 Å². The molecule has 0 aliphatic carbocycles. The molecule has 0 saturated carbocycles. The lowest BCUT2D eigenvalue weighted by atomic mass is 10.2. The van der Waals surface area contributed by atoms with Gasteiger partial charge in [0.25, 0.3) is 5.56 Å². The highest BCUT2D eigenvalue weighted by atomic mass is 35.5. The molecule has 3 aromatic rings. The van der Waals surface area contributed by atoms with Crippen molar-refractivity contribution in [2.45, 2.75) is 0 Å². The fourth-order valence-corrected chi connectivity index (χ4v) is 2.09. The van der Waals surface area contributed by atoms with Crippen LogP contribution in [0.15, 0.2) is 41.6 Å². The van der Waals surface area contributed by atoms with E-state index in [-0.39, 0.29) is 10.9 Å². The molecule has 0 bridgehead atoms. The van der Waals surface area contributed by atoms with Gasteiger partial charge in [0.1, 0.15) is 5.52 Å². The highest BCUT2D eigenvalue weighted by molar-refractivity contribution is 6.35. The number of H-pyrrole nitrogens is 1. The normalized spacial score (nSPS) is 10.7. The van der Waals surface area contributed by atoms with Gasteiger partial charge in [-0.15, -0.1) is 0 Å². The maximum absolute atomic E-state index is 11.4. The molecular weight excluding hydrogens is 301 g/mol. The fraction of sp³-hybridized carbons (Fsp3) is 0. The van der Waals surface area contributed by atoms with Gasteiger partial charge in [-0.1, -0.05) is 23.2 Å². The first kappa shape index (κ1) is 12.9. The lowest BCUT2D eigenvalue weighted by Crippen LogP contribution is -2.08. The summed E-state index contributed by atoms with van der Waals surface area (Å²) in [5.74, 6) is 0.440. The molecule has 2 aromatic heterocycles. The lowest BCUT2D eigenvalue weighted by Gasteiger charge is -2.08. The van der Waals surface area contributed by atoms with E-state index in [1.54, 1.807) is 24.4 Å². The highest BCUT2D eigenvalue weighted by Gasteiger charge is 2.12. The summed E-state index contributed by atoms with van der Waals surface area (Å²) in [5.41, 5.74) is 0.0982. The highest BCUT2D eigenvalue weighted by Crippen LogP contribution is 2.33. The number of aromatic nitrogens is 3. The van der Waals surface area contributed by atoms with Crippen LogP contribution in [0.1, 0.15) is 0 Å². The molecule has 100 valence electrons. The van der Waals surface area contributed by atoms with E-state index in [4.69, 9.17) is 27.9 Å². The van der Waals surface area contributed by atoms with Crippen molar-refractivity contribution in [1.29, 1.82) is 0 Å². The molecule has 2 heterocycles. The van der Waals surface area contributed by atoms with E-state index in [1.165, 1.54) is 6.33 Å². The van der Waals surface area contributed by atoms with Gasteiger partial charge in [0.2, 0.25) is 5.88 Å². The molecule has 0 amide bonds. The van der Waals surface area contributed by atoms with Gasteiger partial charge in [-0.05, 0) is 24.3 Å². The predicted molar refractivity (Wildman–Crippen MR) is 76.7 cm³/mol. The standard InChI is InChI=1S/C13H7Cl2N3O2/c14-8-3-4-9(11-7(8)2-1-5-16-11)20-13-10(15)12(19)17-6-18-13/h1-6H,(H,17,18,19). The SMILES string of the molecule is O=c1[nH]cnc(Oc2ccc(Cl)c3cccnc23)c1Cl. The molecular formula is C13H7Cl2N3O2. The Morgan fingerprint density at radius 3 is 2.85 bits per heavy atom. The number of ether oxygens (including phenoxy) is 1. The Labute approximate surface area is 123 Å². The predicted octanol–water partition coefficient (Wildman–Crippen LogP) is 3.42. The van der Waals surface area contributed by atoms with E-state index < -0.39 is 5.56 Å². The molecule has 0 saturated heterocycles. The van der Waals surface area contributed by atoms with Crippen LogP contribution >= 0.6 is 23.2 Å². The molecule has 1 aromatic carbocycles. The second kappa shape index (κ2) is 5.11. The molecule has 1 N–H and O–H groups in total. The maximum Gasteiger partial charge on any atom is 0.273 e. The molecule has 5 nitrogen and oxygen atoms in total. The molecule has 0 fully saturated rings. The molecule has 0 aliphatic heterocycles. The monoisotopic (exact) mass is 307 g/mol. The maximum atomic E-state index is 11.4. The first-order chi connectivity index (χ1) is 9.66. The van der Waals surface area contributed by atoms with Crippen molar-refractivity contribution in [2.75, 3.05) is 0 Å². The first-order valence-electron chi connectivity index (χ1n) is 5.61. The Kier molecular flexibility index (Phi) is 3.30. The van der Waals surface area contributed by atoms with E-state index in [1.807, 2.05) is 6.07 Å². The van der Waals surface area contributed by atoms with E-state index in [0.29, 0.717) is 16.3 Å². The van der Waals surface area contributed by atoms with Crippen LogP contribution in [0.2, 0.25) is 10.0 Å². The zero-order valence-corrected chi connectivity index (χ0v) is 11.4. The third-order valence-corrected chi connectivity index (χ3v) is 3.31. The molecule has 0 radical (unpaired) electrons. The Hall–Kier alpha value is -2.11. The van der Waals surface area contributed by atoms with Crippen molar-refractivity contribution in [2.24, 2.45) is 0 Å². The molecule has 7 heteroatoms. The van der Waals surface area contributed by atoms with Crippen LogP contribution < -0.4 is 10.3 Å². The summed E-state index contributed by atoms with van der Waals surface area (Å²) in [6.07, 6.45) is 2.84. The first-order valence-corrected chi connectivity index (χ1v) is 6.36. The summed E-state index contributed by atoms with van der Waals surface area (Å²) < 4.78 is 5.57. The zero-order chi connectivity index (χ0) is 14.1. The summed E-state index contributed by atoms with van der Waals surface area (Å²) in [6, 6.07) is 6.93. The van der Waals surface area contributed by atoms with Crippen LogP contribution in [-0.2, 0) is 0 Å². The van der Waals surface area contributed by atoms with E-state index in [0.717, 1.165) is 5.39 Å². The smallest absolute Gasteiger partial charge is 0.273 e. The van der Waals surface area contributed by atoms with Gasteiger partial charge in [0.15, 0.2) is 10.8 Å². The summed E-state index contributed by atoms with van der Waals surface area (Å²) in [4.78, 5) is 21.9. The average Bonchev–Trinajstić information content (AvgIpc) is 2.47. The zero-order valence-electron chi connectivity index (χ0n) is 9.93. The van der Waals surface area contributed by atoms with Gasteiger partial charge >= 0.3 is 0 Å². The van der Waals surface area contributed by atoms with Crippen LogP contribution in [0.3, 0.4) is 0 Å². The summed E-state index contributed by atoms with van der Waals surface area (Å²) in [7, 11) is 0. The Morgan fingerprint density at radius 2 is 2.00 bits per heavy atom. The Bertz CT molecular complexity index is 848. The number of fused-ring (bicyclic) bond motifs is 1. The van der Waals surface area contributed by atoms with Gasteiger partial charge < -0.3 is 9.72 Å². The van der Waals surface area contributed by atoms with Crippen LogP contribution in [0.4, 0.5) is 0 Å². The van der Waals surface area contributed by atoms with Gasteiger partial charge in [-0.25, -0.2) is 4.98 Å². The number of hydrogen-bond acceptors (Lipinski definition) is 4. The van der Waals surface area contributed by atoms with Crippen LogP contribution in [0.5, 0.6) is 11.6 Å². The molecule has 3 rings (SSSR count). The molecule has 20 heavy (non-hydrogen) atoms. The minimum Gasteiger partial charge on any atom is -0.435 e. The number of rotatable bonds is 2. The largest absolute Gasteiger partial charge is 0.435 e. The average molecular weight is 308 g/mol. The summed E-state index contributed by atoms with van der Waals surface area (Å²) >= 11 is 11.9. The van der Waals surface area contributed by atoms with Gasteiger partial charge in [0.05, 0.1) is 11.3 Å². The van der Waals surface area contributed by atoms with Crippen molar-refractivity contribution >= 4 is 34.1 Å². The second-order valence-corrected chi connectivity index (χ2v) is 4.68. The Morgan fingerprint density at radius 1 is 1.15 bits per heavy atom. The van der Waals surface area contributed by atoms with Crippen LogP contribution in [0, 0.1) is 0 Å².